The first-order valence-electron chi connectivity index (χ1n) is 5.17. The van der Waals surface area contributed by atoms with Gasteiger partial charge in [-0.25, -0.2) is 8.42 Å². The predicted octanol–water partition coefficient (Wildman–Crippen LogP) is -0.739. The predicted molar refractivity (Wildman–Crippen MR) is 59.6 cm³/mol. The van der Waals surface area contributed by atoms with E-state index in [4.69, 9.17) is 0 Å². The number of carbonyl (C=O) groups is 1. The highest BCUT2D eigenvalue weighted by atomic mass is 32.2. The second-order valence-electron chi connectivity index (χ2n) is 4.09. The lowest BCUT2D eigenvalue weighted by atomic mass is 10.2. The van der Waals surface area contributed by atoms with E-state index in [2.05, 4.69) is 10.2 Å². The minimum Gasteiger partial charge on any atom is -0.341 e. The molecule has 1 aromatic heterocycles. The van der Waals surface area contributed by atoms with Gasteiger partial charge in [0.2, 0.25) is 15.9 Å². The Labute approximate surface area is 99.5 Å². The first kappa shape index (κ1) is 12.1. The molecular formula is C9H14N4O3S. The molecule has 1 aliphatic rings. The van der Waals surface area contributed by atoms with Crippen molar-refractivity contribution in [3.05, 3.63) is 12.4 Å². The number of carbonyl (C=O) groups excluding carboxylic acids is 1. The van der Waals surface area contributed by atoms with Crippen molar-refractivity contribution >= 4 is 15.9 Å². The van der Waals surface area contributed by atoms with Gasteiger partial charge in [0, 0.05) is 25.8 Å². The highest BCUT2D eigenvalue weighted by Crippen LogP contribution is 2.18. The Morgan fingerprint density at radius 2 is 2.24 bits per heavy atom. The second-order valence-corrected chi connectivity index (χ2v) is 6.02. The van der Waals surface area contributed by atoms with Crippen LogP contribution in [-0.2, 0) is 14.8 Å². The number of sulfonamides is 1. The first-order chi connectivity index (χ1) is 7.93. The standard InChI is InChI=1S/C9H14N4O3S/c1-7-5-13(6-9(14)12(7)2)17(15,16)8-3-10-11-4-8/h3-4,7H,5-6H2,1-2H3,(H,10,11)/t7-/m0/s1. The number of piperazine rings is 1. The van der Waals surface area contributed by atoms with Crippen LogP contribution in [0.4, 0.5) is 0 Å². The van der Waals surface area contributed by atoms with Crippen molar-refractivity contribution in [3.63, 3.8) is 0 Å². The Balaban J connectivity index is 2.27. The molecule has 0 aliphatic carbocycles. The maximum absolute atomic E-state index is 12.1. The molecule has 0 aromatic carbocycles. The molecule has 1 saturated heterocycles. The van der Waals surface area contributed by atoms with E-state index in [1.54, 1.807) is 11.9 Å². The fourth-order valence-electron chi connectivity index (χ4n) is 1.70. The normalized spacial score (nSPS) is 23.1. The van der Waals surface area contributed by atoms with Crippen molar-refractivity contribution in [1.82, 2.24) is 19.4 Å². The van der Waals surface area contributed by atoms with Crippen molar-refractivity contribution in [1.29, 1.82) is 0 Å². The van der Waals surface area contributed by atoms with Crippen molar-refractivity contribution in [2.45, 2.75) is 17.9 Å². The van der Waals surface area contributed by atoms with Gasteiger partial charge in [0.1, 0.15) is 4.90 Å². The van der Waals surface area contributed by atoms with Crippen LogP contribution in [0.25, 0.3) is 0 Å². The highest BCUT2D eigenvalue weighted by molar-refractivity contribution is 7.89. The molecule has 2 heterocycles. The lowest BCUT2D eigenvalue weighted by Gasteiger charge is -2.36. The largest absolute Gasteiger partial charge is 0.341 e. The number of nitrogens with zero attached hydrogens (tertiary/aromatic N) is 3. The zero-order chi connectivity index (χ0) is 12.6. The Hall–Kier alpha value is -1.41. The molecule has 1 aromatic rings. The molecular weight excluding hydrogens is 244 g/mol. The maximum Gasteiger partial charge on any atom is 0.246 e. The fourth-order valence-corrected chi connectivity index (χ4v) is 3.08. The van der Waals surface area contributed by atoms with E-state index < -0.39 is 10.0 Å². The summed E-state index contributed by atoms with van der Waals surface area (Å²) in [5.74, 6) is -0.198. The van der Waals surface area contributed by atoms with Gasteiger partial charge in [-0.2, -0.15) is 9.40 Å². The third-order valence-electron chi connectivity index (χ3n) is 2.94. The number of aromatic nitrogens is 2. The minimum atomic E-state index is -3.62. The molecule has 2 rings (SSSR count). The Kier molecular flexibility index (Phi) is 2.92. The number of hydrogen-bond acceptors (Lipinski definition) is 4. The smallest absolute Gasteiger partial charge is 0.246 e. The van der Waals surface area contributed by atoms with Crippen LogP contribution in [0, 0.1) is 0 Å². The summed E-state index contributed by atoms with van der Waals surface area (Å²) < 4.78 is 25.5. The van der Waals surface area contributed by atoms with Gasteiger partial charge in [-0.1, -0.05) is 0 Å². The van der Waals surface area contributed by atoms with Gasteiger partial charge < -0.3 is 4.90 Å². The van der Waals surface area contributed by atoms with Crippen LogP contribution in [0.5, 0.6) is 0 Å². The molecule has 94 valence electrons. The van der Waals surface area contributed by atoms with Crippen molar-refractivity contribution in [2.75, 3.05) is 20.1 Å². The van der Waals surface area contributed by atoms with Crippen LogP contribution >= 0.6 is 0 Å². The molecule has 1 fully saturated rings. The quantitative estimate of drug-likeness (QED) is 0.757. The summed E-state index contributed by atoms with van der Waals surface area (Å²) in [5, 5.41) is 6.07. The maximum atomic E-state index is 12.1. The van der Waals surface area contributed by atoms with Crippen LogP contribution < -0.4 is 0 Å². The SMILES string of the molecule is C[C@H]1CN(S(=O)(=O)c2cn[nH]c2)CC(=O)N1C. The summed E-state index contributed by atoms with van der Waals surface area (Å²) in [6.07, 6.45) is 2.55. The number of rotatable bonds is 2. The molecule has 7 nitrogen and oxygen atoms in total. The molecule has 0 unspecified atom stereocenters. The minimum absolute atomic E-state index is 0.0852. The Morgan fingerprint density at radius 1 is 1.53 bits per heavy atom. The Morgan fingerprint density at radius 3 is 2.76 bits per heavy atom. The molecule has 8 heteroatoms. The topological polar surface area (TPSA) is 86.4 Å². The van der Waals surface area contributed by atoms with Crippen molar-refractivity contribution < 1.29 is 13.2 Å². The van der Waals surface area contributed by atoms with E-state index in [1.807, 2.05) is 6.92 Å². The number of amides is 1. The van der Waals surface area contributed by atoms with E-state index in [1.165, 1.54) is 16.7 Å². The van der Waals surface area contributed by atoms with Crippen molar-refractivity contribution in [2.24, 2.45) is 0 Å². The molecule has 17 heavy (non-hydrogen) atoms. The summed E-state index contributed by atoms with van der Waals surface area (Å²) in [7, 11) is -1.94. The lowest BCUT2D eigenvalue weighted by molar-refractivity contribution is -0.135. The van der Waals surface area contributed by atoms with Crippen molar-refractivity contribution in [3.8, 4) is 0 Å². The monoisotopic (exact) mass is 258 g/mol. The van der Waals surface area contributed by atoms with Gasteiger partial charge >= 0.3 is 0 Å². The zero-order valence-corrected chi connectivity index (χ0v) is 10.4. The summed E-state index contributed by atoms with van der Waals surface area (Å²) in [4.78, 5) is 13.3. The molecule has 1 atom stereocenters. The summed E-state index contributed by atoms with van der Waals surface area (Å²) >= 11 is 0. The van der Waals surface area contributed by atoms with E-state index in [0.29, 0.717) is 6.54 Å². The fraction of sp³-hybridized carbons (Fsp3) is 0.556. The van der Waals surface area contributed by atoms with Gasteiger partial charge in [0.15, 0.2) is 0 Å². The van der Waals surface area contributed by atoms with Gasteiger partial charge in [0.05, 0.1) is 12.7 Å². The molecule has 0 spiro atoms. The molecule has 1 aliphatic heterocycles. The average molecular weight is 258 g/mol. The van der Waals surface area contributed by atoms with E-state index in [9.17, 15) is 13.2 Å². The average Bonchev–Trinajstić information content (AvgIpc) is 2.79. The third kappa shape index (κ3) is 2.05. The third-order valence-corrected chi connectivity index (χ3v) is 4.72. The summed E-state index contributed by atoms with van der Waals surface area (Å²) in [6, 6.07) is -0.127. The molecule has 0 saturated carbocycles. The first-order valence-corrected chi connectivity index (χ1v) is 6.61. The van der Waals surface area contributed by atoms with Crippen LogP contribution in [-0.4, -0.2) is 59.9 Å². The highest BCUT2D eigenvalue weighted by Gasteiger charge is 2.35. The number of hydrogen-bond donors (Lipinski definition) is 1. The Bertz CT molecular complexity index is 510. The number of aromatic amines is 1. The number of H-pyrrole nitrogens is 1. The second kappa shape index (κ2) is 4.11. The molecule has 1 N–H and O–H groups in total. The van der Waals surface area contributed by atoms with E-state index in [-0.39, 0.29) is 23.4 Å². The number of nitrogens with one attached hydrogen (secondary N) is 1. The summed E-state index contributed by atoms with van der Waals surface area (Å²) in [5.41, 5.74) is 0. The molecule has 0 bridgehead atoms. The van der Waals surface area contributed by atoms with Gasteiger partial charge in [-0.15, -0.1) is 0 Å². The summed E-state index contributed by atoms with van der Waals surface area (Å²) in [6.45, 7) is 2.00. The molecule has 0 radical (unpaired) electrons. The van der Waals surface area contributed by atoms with E-state index in [0.717, 1.165) is 0 Å². The number of likely N-dealkylation sites (N-methyl/N-ethyl adjacent to an activating group) is 1. The zero-order valence-electron chi connectivity index (χ0n) is 9.62. The lowest BCUT2D eigenvalue weighted by Crippen LogP contribution is -2.55. The molecule has 1 amide bonds. The van der Waals surface area contributed by atoms with Crippen LogP contribution in [0.15, 0.2) is 17.3 Å². The van der Waals surface area contributed by atoms with Crippen LogP contribution in [0.1, 0.15) is 6.92 Å². The van der Waals surface area contributed by atoms with Crippen LogP contribution in [0.3, 0.4) is 0 Å². The van der Waals surface area contributed by atoms with Gasteiger partial charge in [-0.05, 0) is 6.92 Å². The van der Waals surface area contributed by atoms with Gasteiger partial charge in [-0.3, -0.25) is 9.89 Å². The van der Waals surface area contributed by atoms with E-state index >= 15 is 0 Å². The van der Waals surface area contributed by atoms with Gasteiger partial charge in [0.25, 0.3) is 0 Å². The van der Waals surface area contributed by atoms with Crippen LogP contribution in [0.2, 0.25) is 0 Å².